The van der Waals surface area contributed by atoms with Gasteiger partial charge in [0.05, 0.1) is 19.3 Å². The molecule has 4 nitrogen and oxygen atoms in total. The van der Waals surface area contributed by atoms with E-state index < -0.39 is 12.2 Å². The molecular weight excluding hydrogens is 348 g/mol. The number of carbonyl (C=O) groups is 1. The summed E-state index contributed by atoms with van der Waals surface area (Å²) in [6, 6.07) is 0. The number of thioether (sulfide) groups is 1. The first-order chi connectivity index (χ1) is 12.5. The van der Waals surface area contributed by atoms with Crippen LogP contribution in [0.4, 0.5) is 0 Å². The van der Waals surface area contributed by atoms with Gasteiger partial charge in [0, 0.05) is 22.8 Å². The molecule has 1 aliphatic rings. The summed E-state index contributed by atoms with van der Waals surface area (Å²) in [4.78, 5) is 13.0. The summed E-state index contributed by atoms with van der Waals surface area (Å²) >= 11 is 1.66. The van der Waals surface area contributed by atoms with Crippen LogP contribution >= 0.6 is 11.8 Å². The predicted octanol–water partition coefficient (Wildman–Crippen LogP) is 4.61. The molecule has 0 fully saturated rings. The molecule has 0 saturated carbocycles. The Hall–Kier alpha value is -0.780. The fourth-order valence-corrected chi connectivity index (χ4v) is 4.51. The first-order valence-corrected chi connectivity index (χ1v) is 11.0. The lowest BCUT2D eigenvalue weighted by molar-refractivity contribution is -0.136. The average molecular weight is 385 g/mol. The molecule has 0 aliphatic heterocycles. The lowest BCUT2D eigenvalue weighted by atomic mass is 10.0. The van der Waals surface area contributed by atoms with Crippen LogP contribution in [-0.4, -0.2) is 41.3 Å². The molecular formula is C21H36O4S. The molecule has 0 aromatic heterocycles. The van der Waals surface area contributed by atoms with Gasteiger partial charge < -0.3 is 14.9 Å². The lowest BCUT2D eigenvalue weighted by Gasteiger charge is -2.15. The second-order valence-electron chi connectivity index (χ2n) is 6.99. The molecule has 0 bridgehead atoms. The van der Waals surface area contributed by atoms with Crippen LogP contribution < -0.4 is 0 Å². The number of unbranched alkanes of at least 4 members (excludes halogenated alkanes) is 5. The van der Waals surface area contributed by atoms with Gasteiger partial charge in [0.25, 0.3) is 0 Å². The van der Waals surface area contributed by atoms with Crippen molar-refractivity contribution in [3.63, 3.8) is 0 Å². The molecule has 0 saturated heterocycles. The standard InChI is InChI=1S/C21H36O4S/c1-4-6-8-10-14-26-20-17(13-12-16(22)11-9-7-5-2)19(23)15-18(20)21(24)25-3/h12-13,16-17,19,22-23H,4-11,14-15H2,1-3H3/b13-12+/t16-,17-,19+/m0/s1. The van der Waals surface area contributed by atoms with Crippen LogP contribution in [-0.2, 0) is 9.53 Å². The highest BCUT2D eigenvalue weighted by Crippen LogP contribution is 2.41. The summed E-state index contributed by atoms with van der Waals surface area (Å²) in [5.74, 6) is 0.368. The van der Waals surface area contributed by atoms with E-state index >= 15 is 0 Å². The third-order valence-electron chi connectivity index (χ3n) is 4.76. The Balaban J connectivity index is 2.75. The number of methoxy groups -OCH3 is 1. The van der Waals surface area contributed by atoms with Gasteiger partial charge in [0.2, 0.25) is 0 Å². The molecule has 3 atom stereocenters. The Kier molecular flexibility index (Phi) is 12.0. The maximum absolute atomic E-state index is 12.1. The van der Waals surface area contributed by atoms with Crippen LogP contribution in [0.2, 0.25) is 0 Å². The molecule has 1 aliphatic carbocycles. The number of esters is 1. The molecule has 0 heterocycles. The van der Waals surface area contributed by atoms with Gasteiger partial charge in [-0.3, -0.25) is 0 Å². The van der Waals surface area contributed by atoms with Gasteiger partial charge in [-0.1, -0.05) is 64.5 Å². The first kappa shape index (κ1) is 23.3. The maximum Gasteiger partial charge on any atom is 0.334 e. The minimum Gasteiger partial charge on any atom is -0.466 e. The number of hydrogen-bond donors (Lipinski definition) is 2. The first-order valence-electron chi connectivity index (χ1n) is 10.0. The fraction of sp³-hybridized carbons (Fsp3) is 0.762. The predicted molar refractivity (Wildman–Crippen MR) is 109 cm³/mol. The van der Waals surface area contributed by atoms with Gasteiger partial charge in [-0.15, -0.1) is 11.8 Å². The molecule has 2 N–H and O–H groups in total. The van der Waals surface area contributed by atoms with Gasteiger partial charge in [-0.25, -0.2) is 4.79 Å². The summed E-state index contributed by atoms with van der Waals surface area (Å²) in [7, 11) is 1.38. The largest absolute Gasteiger partial charge is 0.466 e. The van der Waals surface area contributed by atoms with Gasteiger partial charge >= 0.3 is 5.97 Å². The highest BCUT2D eigenvalue weighted by Gasteiger charge is 2.35. The number of aliphatic hydroxyl groups is 2. The minimum absolute atomic E-state index is 0.221. The Morgan fingerprint density at radius 3 is 2.58 bits per heavy atom. The smallest absolute Gasteiger partial charge is 0.334 e. The average Bonchev–Trinajstić information content (AvgIpc) is 2.95. The van der Waals surface area contributed by atoms with Crippen molar-refractivity contribution in [2.24, 2.45) is 5.92 Å². The van der Waals surface area contributed by atoms with Crippen molar-refractivity contribution in [2.75, 3.05) is 12.9 Å². The van der Waals surface area contributed by atoms with Gasteiger partial charge in [-0.05, 0) is 18.6 Å². The van der Waals surface area contributed by atoms with Crippen LogP contribution in [0.1, 0.15) is 71.6 Å². The molecule has 0 amide bonds. The fourth-order valence-electron chi connectivity index (χ4n) is 3.18. The van der Waals surface area contributed by atoms with E-state index in [2.05, 4.69) is 13.8 Å². The van der Waals surface area contributed by atoms with Crippen molar-refractivity contribution >= 4 is 17.7 Å². The Bertz CT molecular complexity index is 473. The second kappa shape index (κ2) is 13.4. The number of rotatable bonds is 13. The van der Waals surface area contributed by atoms with Gasteiger partial charge in [0.1, 0.15) is 0 Å². The third-order valence-corrected chi connectivity index (χ3v) is 6.08. The van der Waals surface area contributed by atoms with E-state index in [9.17, 15) is 15.0 Å². The van der Waals surface area contributed by atoms with E-state index in [4.69, 9.17) is 4.74 Å². The number of hydrogen-bond acceptors (Lipinski definition) is 5. The number of aliphatic hydroxyl groups excluding tert-OH is 2. The summed E-state index contributed by atoms with van der Waals surface area (Å²) in [5, 5.41) is 20.6. The summed E-state index contributed by atoms with van der Waals surface area (Å²) in [5.41, 5.74) is 0.593. The molecule has 0 aromatic rings. The van der Waals surface area contributed by atoms with Gasteiger partial charge in [-0.2, -0.15) is 0 Å². The maximum atomic E-state index is 12.1. The van der Waals surface area contributed by atoms with Gasteiger partial charge in [0.15, 0.2) is 0 Å². The van der Waals surface area contributed by atoms with E-state index in [1.807, 2.05) is 6.08 Å². The van der Waals surface area contributed by atoms with Crippen molar-refractivity contribution in [1.29, 1.82) is 0 Å². The molecule has 150 valence electrons. The molecule has 26 heavy (non-hydrogen) atoms. The number of carbonyl (C=O) groups excluding carboxylic acids is 1. The Morgan fingerprint density at radius 1 is 1.23 bits per heavy atom. The normalized spacial score (nSPS) is 21.6. The highest BCUT2D eigenvalue weighted by atomic mass is 32.2. The summed E-state index contributed by atoms with van der Waals surface area (Å²) in [6.07, 6.45) is 11.5. The van der Waals surface area contributed by atoms with Crippen LogP contribution in [0.15, 0.2) is 22.6 Å². The Labute approximate surface area is 163 Å². The SMILES string of the molecule is CCCCCCSC1=C(C(=O)OC)C[C@@H](O)[C@@H]1/C=C/[C@@H](O)CCCCC. The third kappa shape index (κ3) is 7.85. The van der Waals surface area contributed by atoms with Crippen LogP contribution in [0.3, 0.4) is 0 Å². The lowest BCUT2D eigenvalue weighted by Crippen LogP contribution is -2.14. The van der Waals surface area contributed by atoms with Crippen LogP contribution in [0, 0.1) is 5.92 Å². The number of ether oxygens (including phenoxy) is 1. The summed E-state index contributed by atoms with van der Waals surface area (Å²) in [6.45, 7) is 4.32. The van der Waals surface area contributed by atoms with Crippen molar-refractivity contribution < 1.29 is 19.7 Å². The van der Waals surface area contributed by atoms with E-state index in [0.29, 0.717) is 12.0 Å². The van der Waals surface area contributed by atoms with Crippen molar-refractivity contribution in [3.8, 4) is 0 Å². The molecule has 0 aromatic carbocycles. The second-order valence-corrected chi connectivity index (χ2v) is 8.13. The zero-order chi connectivity index (χ0) is 19.4. The van der Waals surface area contributed by atoms with E-state index in [-0.39, 0.29) is 11.9 Å². The quantitative estimate of drug-likeness (QED) is 0.276. The van der Waals surface area contributed by atoms with Crippen LogP contribution in [0.5, 0.6) is 0 Å². The molecule has 1 rings (SSSR count). The minimum atomic E-state index is -0.624. The highest BCUT2D eigenvalue weighted by molar-refractivity contribution is 8.03. The monoisotopic (exact) mass is 384 g/mol. The molecule has 0 radical (unpaired) electrons. The van der Waals surface area contributed by atoms with Crippen molar-refractivity contribution in [3.05, 3.63) is 22.6 Å². The zero-order valence-corrected chi connectivity index (χ0v) is 17.4. The Morgan fingerprint density at radius 2 is 1.92 bits per heavy atom. The van der Waals surface area contributed by atoms with E-state index in [1.54, 1.807) is 17.8 Å². The van der Waals surface area contributed by atoms with Crippen molar-refractivity contribution in [1.82, 2.24) is 0 Å². The topological polar surface area (TPSA) is 66.8 Å². The van der Waals surface area contributed by atoms with Crippen molar-refractivity contribution in [2.45, 2.75) is 83.8 Å². The zero-order valence-electron chi connectivity index (χ0n) is 16.6. The summed E-state index contributed by atoms with van der Waals surface area (Å²) < 4.78 is 4.90. The van der Waals surface area contributed by atoms with E-state index in [1.165, 1.54) is 26.4 Å². The molecule has 0 unspecified atom stereocenters. The van der Waals surface area contributed by atoms with E-state index in [0.717, 1.165) is 42.8 Å². The van der Waals surface area contributed by atoms with Crippen LogP contribution in [0.25, 0.3) is 0 Å². The molecule has 5 heteroatoms. The molecule has 0 spiro atoms.